The van der Waals surface area contributed by atoms with Gasteiger partial charge in [0.2, 0.25) is 0 Å². The fourth-order valence-electron chi connectivity index (χ4n) is 5.03. The van der Waals surface area contributed by atoms with Gasteiger partial charge in [-0.05, 0) is 61.8 Å². The predicted molar refractivity (Wildman–Crippen MR) is 145 cm³/mol. The number of methoxy groups -OCH3 is 1. The Bertz CT molecular complexity index is 1020. The summed E-state index contributed by atoms with van der Waals surface area (Å²) in [7, 11) is 1.63. The summed E-state index contributed by atoms with van der Waals surface area (Å²) in [6.45, 7) is 5.35. The van der Waals surface area contributed by atoms with Crippen LogP contribution in [0, 0.1) is 23.7 Å². The summed E-state index contributed by atoms with van der Waals surface area (Å²) in [4.78, 5) is 38.8. The van der Waals surface area contributed by atoms with Crippen molar-refractivity contribution in [1.29, 1.82) is 0 Å². The van der Waals surface area contributed by atoms with Crippen molar-refractivity contribution < 1.29 is 38.1 Å². The second-order valence-electron chi connectivity index (χ2n) is 9.70. The molecule has 0 N–H and O–H groups in total. The van der Waals surface area contributed by atoms with Crippen molar-refractivity contribution in [2.45, 2.75) is 46.3 Å². The maximum Gasteiger partial charge on any atom is 0.321 e. The van der Waals surface area contributed by atoms with Crippen LogP contribution in [0.1, 0.15) is 44.2 Å². The number of ketones is 1. The standard InChI is InChI=1S/C31H40O8/c1-4-38-30(33)29(31(34)39-5-2)27-17-25(21-37-20-22-9-7-6-8-10-22)24(18-28(27)32)15-16-36-19-23-11-13-26(35-3)14-12-23/h6-14,24-25,27,29H,4-5,15-21H2,1-3H3/t24-,25+,27?/m0/s1. The van der Waals surface area contributed by atoms with Gasteiger partial charge in [-0.2, -0.15) is 0 Å². The van der Waals surface area contributed by atoms with Crippen LogP contribution in [0.3, 0.4) is 0 Å². The van der Waals surface area contributed by atoms with Crippen LogP contribution < -0.4 is 4.74 Å². The molecule has 3 rings (SSSR count). The third-order valence-corrected chi connectivity index (χ3v) is 7.09. The van der Waals surface area contributed by atoms with Gasteiger partial charge in [0.1, 0.15) is 11.5 Å². The van der Waals surface area contributed by atoms with Gasteiger partial charge in [0.25, 0.3) is 0 Å². The number of rotatable bonds is 15. The minimum absolute atomic E-state index is 0.00503. The summed E-state index contributed by atoms with van der Waals surface area (Å²) < 4.78 is 27.5. The largest absolute Gasteiger partial charge is 0.497 e. The van der Waals surface area contributed by atoms with Crippen molar-refractivity contribution in [2.75, 3.05) is 33.5 Å². The lowest BCUT2D eigenvalue weighted by molar-refractivity contribution is -0.168. The minimum atomic E-state index is -1.26. The molecule has 8 nitrogen and oxygen atoms in total. The van der Waals surface area contributed by atoms with Gasteiger partial charge >= 0.3 is 11.9 Å². The molecule has 0 spiro atoms. The van der Waals surface area contributed by atoms with E-state index in [1.807, 2.05) is 54.6 Å². The van der Waals surface area contributed by atoms with E-state index in [-0.39, 0.29) is 37.3 Å². The van der Waals surface area contributed by atoms with Gasteiger partial charge in [-0.3, -0.25) is 14.4 Å². The molecule has 0 aliphatic heterocycles. The van der Waals surface area contributed by atoms with Gasteiger partial charge in [-0.25, -0.2) is 0 Å². The highest BCUT2D eigenvalue weighted by atomic mass is 16.6. The lowest BCUT2D eigenvalue weighted by Crippen LogP contribution is -2.44. The Morgan fingerprint density at radius 3 is 2.08 bits per heavy atom. The highest BCUT2D eigenvalue weighted by molar-refractivity contribution is 6.00. The van der Waals surface area contributed by atoms with E-state index in [9.17, 15) is 14.4 Å². The van der Waals surface area contributed by atoms with E-state index in [1.165, 1.54) is 0 Å². The average molecular weight is 541 g/mol. The van der Waals surface area contributed by atoms with Gasteiger partial charge < -0.3 is 23.7 Å². The summed E-state index contributed by atoms with van der Waals surface area (Å²) >= 11 is 0. The van der Waals surface area contributed by atoms with Gasteiger partial charge in [0.05, 0.1) is 40.1 Å². The molecule has 1 aliphatic carbocycles. The number of benzene rings is 2. The van der Waals surface area contributed by atoms with Crippen molar-refractivity contribution in [3.05, 3.63) is 65.7 Å². The van der Waals surface area contributed by atoms with Crippen molar-refractivity contribution in [3.8, 4) is 5.75 Å². The van der Waals surface area contributed by atoms with E-state index < -0.39 is 23.8 Å². The summed E-state index contributed by atoms with van der Waals surface area (Å²) in [5.41, 5.74) is 2.08. The van der Waals surface area contributed by atoms with Gasteiger partial charge in [0, 0.05) is 18.9 Å². The highest BCUT2D eigenvalue weighted by Crippen LogP contribution is 2.38. The predicted octanol–water partition coefficient (Wildman–Crippen LogP) is 4.77. The van der Waals surface area contributed by atoms with E-state index in [0.717, 1.165) is 16.9 Å². The Labute approximate surface area is 230 Å². The van der Waals surface area contributed by atoms with Crippen molar-refractivity contribution in [2.24, 2.45) is 23.7 Å². The van der Waals surface area contributed by atoms with Crippen LogP contribution in [0.2, 0.25) is 0 Å². The van der Waals surface area contributed by atoms with Crippen LogP contribution in [0.5, 0.6) is 5.75 Å². The Hall–Kier alpha value is -3.23. The average Bonchev–Trinajstić information content (AvgIpc) is 2.94. The third-order valence-electron chi connectivity index (χ3n) is 7.09. The minimum Gasteiger partial charge on any atom is -0.497 e. The number of carbonyl (C=O) groups excluding carboxylic acids is 3. The molecular formula is C31H40O8. The van der Waals surface area contributed by atoms with Gasteiger partial charge in [-0.1, -0.05) is 42.5 Å². The van der Waals surface area contributed by atoms with Crippen molar-refractivity contribution >= 4 is 17.7 Å². The molecule has 8 heteroatoms. The molecule has 2 aromatic carbocycles. The van der Waals surface area contributed by atoms with E-state index >= 15 is 0 Å². The SMILES string of the molecule is CCOC(=O)C(C(=O)OCC)C1C[C@H](COCc2ccccc2)[C@@H](CCOCc2ccc(OC)cc2)CC1=O. The lowest BCUT2D eigenvalue weighted by atomic mass is 9.68. The zero-order chi connectivity index (χ0) is 28.0. The number of ether oxygens (including phenoxy) is 5. The van der Waals surface area contributed by atoms with Gasteiger partial charge in [0.15, 0.2) is 5.92 Å². The number of Topliss-reactive ketones (excluding diaryl/α,β-unsaturated/α-hetero) is 1. The molecule has 1 fully saturated rings. The first kappa shape index (κ1) is 30.3. The van der Waals surface area contributed by atoms with E-state index in [4.69, 9.17) is 23.7 Å². The first-order valence-corrected chi connectivity index (χ1v) is 13.6. The molecule has 39 heavy (non-hydrogen) atoms. The van der Waals surface area contributed by atoms with Crippen molar-refractivity contribution in [1.82, 2.24) is 0 Å². The number of carbonyl (C=O) groups is 3. The maximum atomic E-state index is 13.3. The quantitative estimate of drug-likeness (QED) is 0.181. The smallest absolute Gasteiger partial charge is 0.321 e. The first-order chi connectivity index (χ1) is 19.0. The third kappa shape index (κ3) is 9.18. The van der Waals surface area contributed by atoms with Crippen LogP contribution >= 0.6 is 0 Å². The molecule has 0 aromatic heterocycles. The van der Waals surface area contributed by atoms with E-state index in [1.54, 1.807) is 21.0 Å². The fourth-order valence-corrected chi connectivity index (χ4v) is 5.03. The van der Waals surface area contributed by atoms with Gasteiger partial charge in [-0.15, -0.1) is 0 Å². The molecule has 3 atom stereocenters. The zero-order valence-corrected chi connectivity index (χ0v) is 23.1. The topological polar surface area (TPSA) is 97.4 Å². The number of hydrogen-bond donors (Lipinski definition) is 0. The molecular weight excluding hydrogens is 500 g/mol. The second-order valence-corrected chi connectivity index (χ2v) is 9.70. The summed E-state index contributed by atoms with van der Waals surface area (Å²) in [5.74, 6) is -2.85. The van der Waals surface area contributed by atoms with E-state index in [2.05, 4.69) is 0 Å². The van der Waals surface area contributed by atoms with Crippen LogP contribution in [0.4, 0.5) is 0 Å². The molecule has 0 bridgehead atoms. The molecule has 1 unspecified atom stereocenters. The highest BCUT2D eigenvalue weighted by Gasteiger charge is 2.46. The first-order valence-electron chi connectivity index (χ1n) is 13.6. The number of hydrogen-bond acceptors (Lipinski definition) is 8. The monoisotopic (exact) mass is 540 g/mol. The van der Waals surface area contributed by atoms with Crippen molar-refractivity contribution in [3.63, 3.8) is 0 Å². The lowest BCUT2D eigenvalue weighted by Gasteiger charge is -2.37. The van der Waals surface area contributed by atoms with Crippen LogP contribution in [0.25, 0.3) is 0 Å². The van der Waals surface area contributed by atoms with Crippen LogP contribution in [-0.4, -0.2) is 51.3 Å². The summed E-state index contributed by atoms with van der Waals surface area (Å²) in [5, 5.41) is 0. The molecule has 1 saturated carbocycles. The summed E-state index contributed by atoms with van der Waals surface area (Å²) in [6, 6.07) is 17.6. The molecule has 0 heterocycles. The molecule has 2 aromatic rings. The molecule has 212 valence electrons. The normalized spacial score (nSPS) is 19.1. The Balaban J connectivity index is 1.67. The maximum absolute atomic E-state index is 13.3. The molecule has 0 amide bonds. The molecule has 0 radical (unpaired) electrons. The Morgan fingerprint density at radius 2 is 1.46 bits per heavy atom. The molecule has 0 saturated heterocycles. The molecule has 1 aliphatic rings. The second kappa shape index (κ2) is 16.0. The Morgan fingerprint density at radius 1 is 0.846 bits per heavy atom. The Kier molecular flexibility index (Phi) is 12.4. The zero-order valence-electron chi connectivity index (χ0n) is 23.1. The fraction of sp³-hybridized carbons (Fsp3) is 0.516. The van der Waals surface area contributed by atoms with Crippen LogP contribution in [0.15, 0.2) is 54.6 Å². The van der Waals surface area contributed by atoms with Crippen LogP contribution in [-0.2, 0) is 46.5 Å². The number of esters is 2. The summed E-state index contributed by atoms with van der Waals surface area (Å²) in [6.07, 6.45) is 1.25. The van der Waals surface area contributed by atoms with E-state index in [0.29, 0.717) is 39.3 Å².